The number of hydrogen-bond acceptors (Lipinski definition) is 4. The van der Waals surface area contributed by atoms with Crippen LogP contribution in [0.5, 0.6) is 5.88 Å². The van der Waals surface area contributed by atoms with Crippen molar-refractivity contribution in [3.8, 4) is 11.6 Å². The molecule has 2 heterocycles. The Morgan fingerprint density at radius 1 is 1.10 bits per heavy atom. The van der Waals surface area contributed by atoms with Crippen molar-refractivity contribution in [1.29, 1.82) is 0 Å². The maximum absolute atomic E-state index is 5.46. The van der Waals surface area contributed by atoms with E-state index in [2.05, 4.69) is 50.8 Å². The number of nitrogens with zero attached hydrogens (tertiary/aromatic N) is 4. The molecule has 0 fully saturated rings. The standard InChI is InChI=1S/C22H28N6O.HI/c1-5-29-21-13-18(10-11-24-21)14-25-22(23-4)26-15-19-8-6-7-9-20(19)28-17(3)12-16(2)27-28;/h6-13H,5,14-15H2,1-4H3,(H2,23,25,26);1H. The molecule has 0 unspecified atom stereocenters. The van der Waals surface area contributed by atoms with Gasteiger partial charge in [0.05, 0.1) is 18.0 Å². The van der Waals surface area contributed by atoms with E-state index in [9.17, 15) is 0 Å². The molecule has 2 N–H and O–H groups in total. The number of aromatic nitrogens is 3. The highest BCUT2D eigenvalue weighted by atomic mass is 127. The van der Waals surface area contributed by atoms with Crippen molar-refractivity contribution >= 4 is 29.9 Å². The quantitative estimate of drug-likeness (QED) is 0.282. The third kappa shape index (κ3) is 6.19. The molecular weight excluding hydrogens is 491 g/mol. The molecule has 0 aliphatic heterocycles. The molecule has 0 aliphatic carbocycles. The van der Waals surface area contributed by atoms with Crippen molar-refractivity contribution in [3.05, 3.63) is 71.2 Å². The summed E-state index contributed by atoms with van der Waals surface area (Å²) in [6.07, 6.45) is 1.75. The van der Waals surface area contributed by atoms with Crippen LogP contribution in [0, 0.1) is 13.8 Å². The molecule has 0 saturated carbocycles. The summed E-state index contributed by atoms with van der Waals surface area (Å²) in [5.41, 5.74) is 5.40. The number of nitrogens with one attached hydrogen (secondary N) is 2. The van der Waals surface area contributed by atoms with Gasteiger partial charge in [0.15, 0.2) is 5.96 Å². The summed E-state index contributed by atoms with van der Waals surface area (Å²) in [4.78, 5) is 8.52. The third-order valence-corrected chi connectivity index (χ3v) is 4.45. The molecule has 0 bridgehead atoms. The lowest BCUT2D eigenvalue weighted by molar-refractivity contribution is 0.326. The first-order chi connectivity index (χ1) is 14.1. The van der Waals surface area contributed by atoms with Crippen molar-refractivity contribution in [2.45, 2.75) is 33.9 Å². The molecule has 30 heavy (non-hydrogen) atoms. The Hall–Kier alpha value is -2.62. The van der Waals surface area contributed by atoms with Gasteiger partial charge < -0.3 is 15.4 Å². The molecule has 2 aromatic heterocycles. The van der Waals surface area contributed by atoms with E-state index in [-0.39, 0.29) is 24.0 Å². The van der Waals surface area contributed by atoms with E-state index in [1.165, 1.54) is 0 Å². The molecule has 160 valence electrons. The zero-order valence-corrected chi connectivity index (χ0v) is 20.2. The van der Waals surface area contributed by atoms with Crippen LogP contribution < -0.4 is 15.4 Å². The third-order valence-electron chi connectivity index (χ3n) is 4.45. The smallest absolute Gasteiger partial charge is 0.213 e. The molecule has 3 rings (SSSR count). The average molecular weight is 520 g/mol. The highest BCUT2D eigenvalue weighted by Crippen LogP contribution is 2.17. The van der Waals surface area contributed by atoms with Gasteiger partial charge in [-0.1, -0.05) is 18.2 Å². The van der Waals surface area contributed by atoms with Crippen LogP contribution in [0.1, 0.15) is 29.4 Å². The van der Waals surface area contributed by atoms with Gasteiger partial charge in [0, 0.05) is 38.1 Å². The van der Waals surface area contributed by atoms with Gasteiger partial charge >= 0.3 is 0 Å². The molecule has 0 amide bonds. The van der Waals surface area contributed by atoms with Crippen LogP contribution >= 0.6 is 24.0 Å². The molecule has 7 nitrogen and oxygen atoms in total. The molecule has 3 aromatic rings. The number of rotatable bonds is 7. The van der Waals surface area contributed by atoms with Crippen molar-refractivity contribution in [1.82, 2.24) is 25.4 Å². The van der Waals surface area contributed by atoms with Crippen molar-refractivity contribution < 1.29 is 4.74 Å². The summed E-state index contributed by atoms with van der Waals surface area (Å²) in [6.45, 7) is 7.88. The van der Waals surface area contributed by atoms with E-state index in [0.717, 1.165) is 34.2 Å². The first-order valence-electron chi connectivity index (χ1n) is 9.74. The second-order valence-corrected chi connectivity index (χ2v) is 6.68. The maximum Gasteiger partial charge on any atom is 0.213 e. The topological polar surface area (TPSA) is 76.4 Å². The molecular formula is C22H29IN6O. The SMILES string of the molecule is CCOc1cc(CNC(=NC)NCc2ccccc2-n2nc(C)cc2C)ccn1.I. The normalized spacial score (nSPS) is 11.0. The number of para-hydroxylation sites is 1. The molecule has 0 saturated heterocycles. The minimum atomic E-state index is 0. The lowest BCUT2D eigenvalue weighted by Crippen LogP contribution is -2.36. The van der Waals surface area contributed by atoms with E-state index in [0.29, 0.717) is 25.6 Å². The van der Waals surface area contributed by atoms with E-state index < -0.39 is 0 Å². The van der Waals surface area contributed by atoms with Gasteiger partial charge in [0.25, 0.3) is 0 Å². The van der Waals surface area contributed by atoms with E-state index in [1.54, 1.807) is 13.2 Å². The zero-order chi connectivity index (χ0) is 20.6. The molecule has 1 aromatic carbocycles. The molecule has 0 radical (unpaired) electrons. The number of ether oxygens (including phenoxy) is 1. The number of halogens is 1. The fraction of sp³-hybridized carbons (Fsp3) is 0.318. The Kier molecular flexibility index (Phi) is 9.10. The summed E-state index contributed by atoms with van der Waals surface area (Å²) in [7, 11) is 1.76. The number of benzene rings is 1. The Labute approximate surface area is 195 Å². The largest absolute Gasteiger partial charge is 0.478 e. The Bertz CT molecular complexity index is 985. The van der Waals surface area contributed by atoms with Gasteiger partial charge in [-0.3, -0.25) is 4.99 Å². The van der Waals surface area contributed by atoms with Crippen LogP contribution in [0.4, 0.5) is 0 Å². The predicted molar refractivity (Wildman–Crippen MR) is 131 cm³/mol. The van der Waals surface area contributed by atoms with Gasteiger partial charge in [0.1, 0.15) is 0 Å². The lowest BCUT2D eigenvalue weighted by atomic mass is 10.1. The van der Waals surface area contributed by atoms with E-state index in [4.69, 9.17) is 4.74 Å². The fourth-order valence-electron chi connectivity index (χ4n) is 3.11. The lowest BCUT2D eigenvalue weighted by Gasteiger charge is -2.15. The first-order valence-corrected chi connectivity index (χ1v) is 9.74. The minimum absolute atomic E-state index is 0. The highest BCUT2D eigenvalue weighted by Gasteiger charge is 2.09. The summed E-state index contributed by atoms with van der Waals surface area (Å²) >= 11 is 0. The van der Waals surface area contributed by atoms with Gasteiger partial charge in [-0.15, -0.1) is 24.0 Å². The van der Waals surface area contributed by atoms with Crippen molar-refractivity contribution in [3.63, 3.8) is 0 Å². The molecule has 8 heteroatoms. The maximum atomic E-state index is 5.46. The average Bonchev–Trinajstić information content (AvgIpc) is 3.07. The van der Waals surface area contributed by atoms with Crippen LogP contribution in [0.25, 0.3) is 5.69 Å². The summed E-state index contributed by atoms with van der Waals surface area (Å²) in [6, 6.07) is 14.2. The number of aliphatic imine (C=N–C) groups is 1. The number of hydrogen-bond donors (Lipinski definition) is 2. The monoisotopic (exact) mass is 520 g/mol. The summed E-state index contributed by atoms with van der Waals surface area (Å²) < 4.78 is 7.44. The number of aryl methyl sites for hydroxylation is 2. The van der Waals surface area contributed by atoms with E-state index in [1.807, 2.05) is 42.8 Å². The van der Waals surface area contributed by atoms with Crippen LogP contribution in [0.2, 0.25) is 0 Å². The van der Waals surface area contributed by atoms with Gasteiger partial charge in [-0.25, -0.2) is 9.67 Å². The number of guanidine groups is 1. The first kappa shape index (κ1) is 23.7. The summed E-state index contributed by atoms with van der Waals surface area (Å²) in [5, 5.41) is 11.3. The second-order valence-electron chi connectivity index (χ2n) is 6.68. The van der Waals surface area contributed by atoms with Crippen molar-refractivity contribution in [2.75, 3.05) is 13.7 Å². The van der Waals surface area contributed by atoms with Gasteiger partial charge in [0.2, 0.25) is 5.88 Å². The highest BCUT2D eigenvalue weighted by molar-refractivity contribution is 14.0. The van der Waals surface area contributed by atoms with E-state index >= 15 is 0 Å². The number of pyridine rings is 1. The second kappa shape index (κ2) is 11.5. The molecule has 0 aliphatic rings. The Balaban J connectivity index is 0.00000320. The minimum Gasteiger partial charge on any atom is -0.478 e. The fourth-order valence-corrected chi connectivity index (χ4v) is 3.11. The molecule has 0 atom stereocenters. The van der Waals surface area contributed by atoms with Crippen LogP contribution in [-0.2, 0) is 13.1 Å². The molecule has 0 spiro atoms. The van der Waals surface area contributed by atoms with Crippen LogP contribution in [0.15, 0.2) is 53.7 Å². The summed E-state index contributed by atoms with van der Waals surface area (Å²) in [5.74, 6) is 1.36. The van der Waals surface area contributed by atoms with Gasteiger partial charge in [-0.05, 0) is 50.1 Å². The Morgan fingerprint density at radius 3 is 2.57 bits per heavy atom. The van der Waals surface area contributed by atoms with Crippen LogP contribution in [-0.4, -0.2) is 34.4 Å². The van der Waals surface area contributed by atoms with Gasteiger partial charge in [-0.2, -0.15) is 5.10 Å². The zero-order valence-electron chi connectivity index (χ0n) is 17.8. The Morgan fingerprint density at radius 2 is 1.87 bits per heavy atom. The van der Waals surface area contributed by atoms with Crippen LogP contribution in [0.3, 0.4) is 0 Å². The van der Waals surface area contributed by atoms with Crippen molar-refractivity contribution in [2.24, 2.45) is 4.99 Å². The predicted octanol–water partition coefficient (Wildman–Crippen LogP) is 3.77.